The number of allylic oxidation sites excluding steroid dienone is 1. The van der Waals surface area contributed by atoms with E-state index in [0.717, 1.165) is 57.6 Å². The number of imidazole rings is 1. The maximum Gasteiger partial charge on any atom is 0.175 e. The second-order valence-electron chi connectivity index (χ2n) is 9.28. The predicted molar refractivity (Wildman–Crippen MR) is 131 cm³/mol. The fourth-order valence-corrected chi connectivity index (χ4v) is 4.74. The van der Waals surface area contributed by atoms with E-state index in [9.17, 15) is 0 Å². The van der Waals surface area contributed by atoms with E-state index >= 15 is 0 Å². The fraction of sp³-hybridized carbons (Fsp3) is 0.583. The number of aromatic nitrogens is 2. The number of benzene rings is 1. The van der Waals surface area contributed by atoms with Crippen molar-refractivity contribution in [2.75, 3.05) is 33.7 Å². The summed E-state index contributed by atoms with van der Waals surface area (Å²) in [6.07, 6.45) is 8.11. The first-order chi connectivity index (χ1) is 14.9. The lowest BCUT2D eigenvalue weighted by Crippen LogP contribution is -2.40. The van der Waals surface area contributed by atoms with Crippen molar-refractivity contribution in [3.63, 3.8) is 0 Å². The van der Waals surface area contributed by atoms with E-state index < -0.39 is 0 Å². The first-order valence-corrected chi connectivity index (χ1v) is 11.8. The number of hydrogen-bond acceptors (Lipinski definition) is 5. The van der Waals surface area contributed by atoms with Gasteiger partial charge in [0, 0.05) is 36.0 Å². The molecule has 1 aromatic heterocycles. The Balaban J connectivity index is 1.38. The van der Waals surface area contributed by atoms with Crippen molar-refractivity contribution >= 4 is 33.9 Å². The van der Waals surface area contributed by atoms with Crippen LogP contribution in [0.15, 0.2) is 23.3 Å². The number of piperidine rings is 1. The first-order valence-electron chi connectivity index (χ1n) is 11.4. The number of halogens is 1. The van der Waals surface area contributed by atoms with Crippen molar-refractivity contribution in [3.8, 4) is 0 Å². The summed E-state index contributed by atoms with van der Waals surface area (Å²) in [6, 6.07) is 3.99. The third kappa shape index (κ3) is 5.48. The SMILES string of the molecule is CC1=NC(NCCCC2CCN(C)CC2)N(C)C=C(c2nc3cc(Cl)c(C)cc3[nH]2)C1. The number of nitrogens with zero attached hydrogens (tertiary/aromatic N) is 4. The number of hydrogen-bond donors (Lipinski definition) is 2. The third-order valence-electron chi connectivity index (χ3n) is 6.55. The molecule has 0 amide bonds. The zero-order chi connectivity index (χ0) is 22.0. The van der Waals surface area contributed by atoms with Gasteiger partial charge in [-0.25, -0.2) is 4.98 Å². The lowest BCUT2D eigenvalue weighted by molar-refractivity contribution is 0.207. The van der Waals surface area contributed by atoms with Crippen LogP contribution in [0.1, 0.15) is 50.4 Å². The van der Waals surface area contributed by atoms with Crippen LogP contribution in [-0.4, -0.2) is 65.5 Å². The summed E-state index contributed by atoms with van der Waals surface area (Å²) < 4.78 is 0. The third-order valence-corrected chi connectivity index (χ3v) is 6.96. The average molecular weight is 443 g/mol. The van der Waals surface area contributed by atoms with Gasteiger partial charge >= 0.3 is 0 Å². The molecule has 2 aromatic rings. The van der Waals surface area contributed by atoms with E-state index in [1.807, 2.05) is 13.0 Å². The monoisotopic (exact) mass is 442 g/mol. The van der Waals surface area contributed by atoms with E-state index in [0.29, 0.717) is 0 Å². The van der Waals surface area contributed by atoms with Gasteiger partial charge in [0.25, 0.3) is 0 Å². The molecule has 31 heavy (non-hydrogen) atoms. The Morgan fingerprint density at radius 1 is 1.19 bits per heavy atom. The largest absolute Gasteiger partial charge is 0.347 e. The zero-order valence-electron chi connectivity index (χ0n) is 19.2. The van der Waals surface area contributed by atoms with Crippen LogP contribution < -0.4 is 5.32 Å². The molecule has 1 fully saturated rings. The molecule has 3 heterocycles. The average Bonchev–Trinajstić information content (AvgIpc) is 3.07. The summed E-state index contributed by atoms with van der Waals surface area (Å²) in [6.45, 7) is 7.59. The molecule has 168 valence electrons. The minimum atomic E-state index is -0.0314. The smallest absolute Gasteiger partial charge is 0.175 e. The molecule has 1 aromatic carbocycles. The van der Waals surface area contributed by atoms with Gasteiger partial charge in [-0.2, -0.15) is 0 Å². The molecule has 0 bridgehead atoms. The minimum absolute atomic E-state index is 0.0314. The second kappa shape index (κ2) is 9.72. The zero-order valence-corrected chi connectivity index (χ0v) is 20.0. The Bertz CT molecular complexity index is 931. The maximum atomic E-state index is 6.28. The normalized spacial score (nSPS) is 21.3. The standard InChI is InChI=1S/C24H35ClN6/c1-16-12-21-22(14-20(16)25)29-23(28-21)19-13-17(2)27-24(31(4)15-19)26-9-5-6-18-7-10-30(3)11-8-18/h12,14-15,18,24,26H,5-11,13H2,1-4H3,(H,28,29). The number of aromatic amines is 1. The van der Waals surface area contributed by atoms with E-state index in [-0.39, 0.29) is 6.29 Å². The highest BCUT2D eigenvalue weighted by molar-refractivity contribution is 6.32. The van der Waals surface area contributed by atoms with Crippen LogP contribution in [0, 0.1) is 12.8 Å². The molecular weight excluding hydrogens is 408 g/mol. The lowest BCUT2D eigenvalue weighted by Gasteiger charge is -2.29. The summed E-state index contributed by atoms with van der Waals surface area (Å²) in [5.74, 6) is 1.77. The fourth-order valence-electron chi connectivity index (χ4n) is 4.58. The molecule has 2 N–H and O–H groups in total. The summed E-state index contributed by atoms with van der Waals surface area (Å²) in [5, 5.41) is 4.39. The van der Waals surface area contributed by atoms with Crippen LogP contribution in [-0.2, 0) is 0 Å². The number of rotatable bonds is 6. The quantitative estimate of drug-likeness (QED) is 0.639. The topological polar surface area (TPSA) is 59.6 Å². The first kappa shape index (κ1) is 22.3. The number of fused-ring (bicyclic) bond motifs is 1. The molecule has 2 aliphatic rings. The molecular formula is C24H35ClN6. The number of H-pyrrole nitrogens is 1. The van der Waals surface area contributed by atoms with E-state index in [1.165, 1.54) is 38.8 Å². The van der Waals surface area contributed by atoms with Gasteiger partial charge in [0.2, 0.25) is 0 Å². The van der Waals surface area contributed by atoms with Crippen molar-refractivity contribution in [1.82, 2.24) is 25.1 Å². The molecule has 4 rings (SSSR count). The van der Waals surface area contributed by atoms with Crippen molar-refractivity contribution in [2.24, 2.45) is 10.9 Å². The van der Waals surface area contributed by atoms with Crippen LogP contribution in [0.25, 0.3) is 16.6 Å². The highest BCUT2D eigenvalue weighted by atomic mass is 35.5. The molecule has 0 radical (unpaired) electrons. The van der Waals surface area contributed by atoms with Crippen LogP contribution in [0.5, 0.6) is 0 Å². The number of aryl methyl sites for hydroxylation is 1. The predicted octanol–water partition coefficient (Wildman–Crippen LogP) is 4.66. The maximum absolute atomic E-state index is 6.28. The van der Waals surface area contributed by atoms with Gasteiger partial charge in [-0.05, 0) is 89.8 Å². The van der Waals surface area contributed by atoms with Crippen molar-refractivity contribution < 1.29 is 0 Å². The molecule has 7 heteroatoms. The Kier molecular flexibility index (Phi) is 6.99. The van der Waals surface area contributed by atoms with E-state index in [2.05, 4.69) is 53.4 Å². The summed E-state index contributed by atoms with van der Waals surface area (Å²) >= 11 is 6.28. The molecule has 0 saturated carbocycles. The number of aliphatic imine (C=N–C) groups is 1. The molecule has 6 nitrogen and oxygen atoms in total. The second-order valence-corrected chi connectivity index (χ2v) is 9.69. The van der Waals surface area contributed by atoms with Crippen molar-refractivity contribution in [2.45, 2.75) is 52.2 Å². The van der Waals surface area contributed by atoms with Gasteiger partial charge in [0.05, 0.1) is 11.0 Å². The number of nitrogens with one attached hydrogen (secondary N) is 2. The Hall–Kier alpha value is -1.89. The van der Waals surface area contributed by atoms with Gasteiger partial charge in [-0.3, -0.25) is 10.3 Å². The summed E-state index contributed by atoms with van der Waals surface area (Å²) in [5.41, 5.74) is 5.22. The Morgan fingerprint density at radius 3 is 2.74 bits per heavy atom. The minimum Gasteiger partial charge on any atom is -0.347 e. The molecule has 2 aliphatic heterocycles. The highest BCUT2D eigenvalue weighted by Crippen LogP contribution is 2.27. The van der Waals surface area contributed by atoms with Crippen molar-refractivity contribution in [1.29, 1.82) is 0 Å². The summed E-state index contributed by atoms with van der Waals surface area (Å²) in [4.78, 5) is 17.8. The van der Waals surface area contributed by atoms with Crippen LogP contribution in [0.4, 0.5) is 0 Å². The summed E-state index contributed by atoms with van der Waals surface area (Å²) in [7, 11) is 4.31. The number of likely N-dealkylation sites (tertiary alicyclic amines) is 1. The van der Waals surface area contributed by atoms with Crippen molar-refractivity contribution in [3.05, 3.63) is 34.7 Å². The molecule has 0 spiro atoms. The molecule has 0 aliphatic carbocycles. The van der Waals surface area contributed by atoms with Gasteiger partial charge in [-0.1, -0.05) is 11.6 Å². The Labute approximate surface area is 190 Å². The van der Waals surface area contributed by atoms with Gasteiger partial charge in [-0.15, -0.1) is 0 Å². The van der Waals surface area contributed by atoms with Gasteiger partial charge in [0.1, 0.15) is 5.82 Å². The van der Waals surface area contributed by atoms with Gasteiger partial charge in [0.15, 0.2) is 6.29 Å². The van der Waals surface area contributed by atoms with E-state index in [1.54, 1.807) is 0 Å². The lowest BCUT2D eigenvalue weighted by atomic mass is 9.92. The van der Waals surface area contributed by atoms with Crippen LogP contribution in [0.3, 0.4) is 0 Å². The molecule has 1 saturated heterocycles. The molecule has 1 unspecified atom stereocenters. The highest BCUT2D eigenvalue weighted by Gasteiger charge is 2.20. The van der Waals surface area contributed by atoms with Gasteiger partial charge < -0.3 is 14.8 Å². The van der Waals surface area contributed by atoms with Crippen LogP contribution >= 0.6 is 11.6 Å². The Morgan fingerprint density at radius 2 is 1.97 bits per heavy atom. The molecule has 1 atom stereocenters. The van der Waals surface area contributed by atoms with E-state index in [4.69, 9.17) is 21.6 Å². The van der Waals surface area contributed by atoms with Crippen LogP contribution in [0.2, 0.25) is 5.02 Å².